The van der Waals surface area contributed by atoms with Gasteiger partial charge in [-0.05, 0) is 45.1 Å². The molecule has 1 aliphatic carbocycles. The lowest BCUT2D eigenvalue weighted by atomic mass is 9.99. The molecule has 1 saturated heterocycles. The average Bonchev–Trinajstić information content (AvgIpc) is 2.63. The van der Waals surface area contributed by atoms with Crippen molar-refractivity contribution >= 4 is 12.1 Å². The first-order valence-electron chi connectivity index (χ1n) is 10.4. The van der Waals surface area contributed by atoms with Crippen molar-refractivity contribution in [1.82, 2.24) is 15.1 Å². The topological polar surface area (TPSA) is 87.9 Å². The Morgan fingerprint density at radius 1 is 0.885 bits per heavy atom. The van der Waals surface area contributed by atoms with Crippen molar-refractivity contribution < 1.29 is 14.3 Å². The molecule has 0 radical (unpaired) electrons. The number of carbonyl (C=O) groups excluding carboxylic acids is 2. The summed E-state index contributed by atoms with van der Waals surface area (Å²) in [5, 5.41) is 2.95. The van der Waals surface area contributed by atoms with Crippen LogP contribution in [0, 0.1) is 0 Å². The van der Waals surface area contributed by atoms with Crippen LogP contribution in [-0.2, 0) is 4.74 Å². The van der Waals surface area contributed by atoms with Crippen LogP contribution in [0.1, 0.15) is 64.2 Å². The van der Waals surface area contributed by atoms with E-state index in [9.17, 15) is 9.59 Å². The number of amides is 3. The molecule has 26 heavy (non-hydrogen) atoms. The van der Waals surface area contributed by atoms with Crippen LogP contribution in [-0.4, -0.2) is 67.3 Å². The van der Waals surface area contributed by atoms with Gasteiger partial charge in [-0.2, -0.15) is 0 Å². The highest BCUT2D eigenvalue weighted by Gasteiger charge is 2.26. The van der Waals surface area contributed by atoms with Crippen molar-refractivity contribution in [2.45, 2.75) is 70.3 Å². The number of piperazine rings is 1. The smallest absolute Gasteiger partial charge is 0.410 e. The average molecular weight is 369 g/mol. The van der Waals surface area contributed by atoms with Crippen LogP contribution in [0.5, 0.6) is 0 Å². The number of hydrogen-bond acceptors (Lipinski definition) is 4. The number of rotatable bonds is 6. The van der Waals surface area contributed by atoms with Gasteiger partial charge in [-0.25, -0.2) is 9.59 Å². The number of carbonyl (C=O) groups is 2. The molecule has 3 N–H and O–H groups in total. The third kappa shape index (κ3) is 7.40. The van der Waals surface area contributed by atoms with E-state index in [1.54, 1.807) is 9.80 Å². The van der Waals surface area contributed by atoms with Gasteiger partial charge in [-0.15, -0.1) is 0 Å². The Morgan fingerprint density at radius 2 is 1.50 bits per heavy atom. The second-order valence-electron chi connectivity index (χ2n) is 7.41. The Kier molecular flexibility index (Phi) is 9.60. The molecule has 0 unspecified atom stereocenters. The predicted molar refractivity (Wildman–Crippen MR) is 102 cm³/mol. The highest BCUT2D eigenvalue weighted by atomic mass is 16.6. The molecule has 0 aromatic rings. The molecule has 7 nitrogen and oxygen atoms in total. The number of hydrogen-bond donors (Lipinski definition) is 2. The lowest BCUT2D eigenvalue weighted by molar-refractivity contribution is 0.0401. The maximum absolute atomic E-state index is 12.4. The number of nitrogens with two attached hydrogens (primary N) is 1. The van der Waals surface area contributed by atoms with Crippen LogP contribution in [0.15, 0.2) is 0 Å². The predicted octanol–water partition coefficient (Wildman–Crippen LogP) is 2.69. The second-order valence-corrected chi connectivity index (χ2v) is 7.41. The molecule has 7 heteroatoms. The minimum atomic E-state index is -0.211. The van der Waals surface area contributed by atoms with E-state index in [-0.39, 0.29) is 18.2 Å². The summed E-state index contributed by atoms with van der Waals surface area (Å²) in [6.45, 7) is 3.61. The lowest BCUT2D eigenvalue weighted by Crippen LogP contribution is -2.53. The van der Waals surface area contributed by atoms with Crippen LogP contribution >= 0.6 is 0 Å². The largest absolute Gasteiger partial charge is 0.446 e. The van der Waals surface area contributed by atoms with Gasteiger partial charge in [0.05, 0.1) is 0 Å². The number of nitrogens with zero attached hydrogens (tertiary/aromatic N) is 2. The van der Waals surface area contributed by atoms with Crippen LogP contribution in [0.2, 0.25) is 0 Å². The highest BCUT2D eigenvalue weighted by molar-refractivity contribution is 5.75. The van der Waals surface area contributed by atoms with Crippen molar-refractivity contribution in [3.8, 4) is 0 Å². The van der Waals surface area contributed by atoms with Crippen LogP contribution in [0.4, 0.5) is 9.59 Å². The first-order valence-corrected chi connectivity index (χ1v) is 10.4. The lowest BCUT2D eigenvalue weighted by Gasteiger charge is -2.35. The summed E-state index contributed by atoms with van der Waals surface area (Å²) in [7, 11) is 0. The SMILES string of the molecule is NCCCCCNC(=O)N1CCN(C(=O)OC2CCCCCCC2)CC1. The summed E-state index contributed by atoms with van der Waals surface area (Å²) >= 11 is 0. The molecule has 150 valence electrons. The normalized spacial score (nSPS) is 19.6. The Balaban J connectivity index is 1.63. The van der Waals surface area contributed by atoms with E-state index in [0.29, 0.717) is 39.3 Å². The molecular weight excluding hydrogens is 332 g/mol. The Hall–Kier alpha value is -1.50. The fourth-order valence-electron chi connectivity index (χ4n) is 3.60. The molecule has 0 bridgehead atoms. The Morgan fingerprint density at radius 3 is 2.15 bits per heavy atom. The monoisotopic (exact) mass is 368 g/mol. The van der Waals surface area contributed by atoms with Gasteiger partial charge < -0.3 is 25.6 Å². The zero-order valence-electron chi connectivity index (χ0n) is 16.1. The molecular formula is C19H36N4O3. The van der Waals surface area contributed by atoms with Crippen molar-refractivity contribution in [2.75, 3.05) is 39.3 Å². The molecule has 2 fully saturated rings. The molecule has 2 rings (SSSR count). The second kappa shape index (κ2) is 12.0. The van der Waals surface area contributed by atoms with Crippen molar-refractivity contribution in [3.05, 3.63) is 0 Å². The minimum absolute atomic E-state index is 0.0363. The van der Waals surface area contributed by atoms with Gasteiger partial charge in [0, 0.05) is 32.7 Å². The Labute approximate surface area is 157 Å². The standard InChI is InChI=1S/C19H36N4O3/c20-11-7-4-8-12-21-18(24)22-13-15-23(16-14-22)19(25)26-17-9-5-2-1-3-6-10-17/h17H,1-16,20H2,(H,21,24). The zero-order chi connectivity index (χ0) is 18.6. The summed E-state index contributed by atoms with van der Waals surface area (Å²) in [5.41, 5.74) is 5.46. The van der Waals surface area contributed by atoms with Crippen molar-refractivity contribution in [3.63, 3.8) is 0 Å². The third-order valence-corrected chi connectivity index (χ3v) is 5.30. The van der Waals surface area contributed by atoms with Gasteiger partial charge in [0.15, 0.2) is 0 Å². The molecule has 0 aromatic carbocycles. The molecule has 1 saturated carbocycles. The molecule has 0 atom stereocenters. The summed E-state index contributed by atoms with van der Waals surface area (Å²) in [5.74, 6) is 0. The molecule has 1 aliphatic heterocycles. The molecule has 0 aromatic heterocycles. The first-order chi connectivity index (χ1) is 12.7. The molecule has 0 spiro atoms. The van der Waals surface area contributed by atoms with E-state index in [1.165, 1.54) is 19.3 Å². The fraction of sp³-hybridized carbons (Fsp3) is 0.895. The van der Waals surface area contributed by atoms with E-state index in [0.717, 1.165) is 44.9 Å². The number of urea groups is 1. The maximum Gasteiger partial charge on any atom is 0.410 e. The summed E-state index contributed by atoms with van der Waals surface area (Å²) in [6, 6.07) is -0.0363. The van der Waals surface area contributed by atoms with Crippen molar-refractivity contribution in [2.24, 2.45) is 5.73 Å². The number of unbranched alkanes of at least 4 members (excludes halogenated alkanes) is 2. The quantitative estimate of drug-likeness (QED) is 0.706. The number of nitrogens with one attached hydrogen (secondary N) is 1. The van der Waals surface area contributed by atoms with E-state index >= 15 is 0 Å². The van der Waals surface area contributed by atoms with Gasteiger partial charge in [0.25, 0.3) is 0 Å². The van der Waals surface area contributed by atoms with Crippen LogP contribution in [0.3, 0.4) is 0 Å². The fourth-order valence-corrected chi connectivity index (χ4v) is 3.60. The van der Waals surface area contributed by atoms with Gasteiger partial charge >= 0.3 is 12.1 Å². The van der Waals surface area contributed by atoms with E-state index in [1.807, 2.05) is 0 Å². The number of ether oxygens (including phenoxy) is 1. The van der Waals surface area contributed by atoms with E-state index < -0.39 is 0 Å². The highest BCUT2D eigenvalue weighted by Crippen LogP contribution is 2.20. The van der Waals surface area contributed by atoms with Crippen LogP contribution in [0.25, 0.3) is 0 Å². The molecule has 1 heterocycles. The van der Waals surface area contributed by atoms with E-state index in [2.05, 4.69) is 5.32 Å². The first kappa shape index (κ1) is 20.8. The van der Waals surface area contributed by atoms with Crippen molar-refractivity contribution in [1.29, 1.82) is 0 Å². The Bertz CT molecular complexity index is 417. The van der Waals surface area contributed by atoms with Gasteiger partial charge in [0.1, 0.15) is 6.10 Å². The minimum Gasteiger partial charge on any atom is -0.446 e. The van der Waals surface area contributed by atoms with Gasteiger partial charge in [-0.3, -0.25) is 0 Å². The zero-order valence-corrected chi connectivity index (χ0v) is 16.1. The third-order valence-electron chi connectivity index (χ3n) is 5.30. The summed E-state index contributed by atoms with van der Waals surface area (Å²) < 4.78 is 5.72. The van der Waals surface area contributed by atoms with E-state index in [4.69, 9.17) is 10.5 Å². The summed E-state index contributed by atoms with van der Waals surface area (Å²) in [4.78, 5) is 28.1. The maximum atomic E-state index is 12.4. The molecule has 2 aliphatic rings. The summed E-state index contributed by atoms with van der Waals surface area (Å²) in [6.07, 6.45) is 10.9. The van der Waals surface area contributed by atoms with Gasteiger partial charge in [0.2, 0.25) is 0 Å². The van der Waals surface area contributed by atoms with Gasteiger partial charge in [-0.1, -0.05) is 25.7 Å². The van der Waals surface area contributed by atoms with Crippen LogP contribution < -0.4 is 11.1 Å². The molecule has 3 amide bonds.